The van der Waals surface area contributed by atoms with Crippen LogP contribution in [-0.2, 0) is 0 Å². The van der Waals surface area contributed by atoms with Crippen molar-refractivity contribution in [2.75, 3.05) is 12.9 Å². The van der Waals surface area contributed by atoms with Crippen LogP contribution < -0.4 is 4.74 Å². The van der Waals surface area contributed by atoms with Gasteiger partial charge in [0.1, 0.15) is 0 Å². The molecule has 2 aromatic rings. The van der Waals surface area contributed by atoms with Crippen molar-refractivity contribution in [2.45, 2.75) is 5.03 Å². The molecule has 0 fully saturated rings. The molecule has 1 aromatic carbocycles. The van der Waals surface area contributed by atoms with E-state index in [0.29, 0.717) is 5.56 Å². The molecule has 0 aliphatic carbocycles. The van der Waals surface area contributed by atoms with Crippen molar-refractivity contribution in [3.8, 4) is 5.75 Å². The Bertz CT molecular complexity index is 619. The van der Waals surface area contributed by atoms with Gasteiger partial charge in [-0.1, -0.05) is 11.8 Å². The number of halogens is 2. The van der Waals surface area contributed by atoms with Gasteiger partial charge in [0, 0.05) is 16.2 Å². The van der Waals surface area contributed by atoms with Crippen molar-refractivity contribution in [3.05, 3.63) is 52.4 Å². The van der Waals surface area contributed by atoms with E-state index in [1.54, 1.807) is 12.3 Å². The van der Waals surface area contributed by atoms with Crippen LogP contribution in [0.4, 0.5) is 4.39 Å². The van der Waals surface area contributed by atoms with Crippen molar-refractivity contribution in [2.24, 2.45) is 0 Å². The Hall–Kier alpha value is -1.40. The number of carbonyl (C=O) groups is 1. The minimum Gasteiger partial charge on any atom is -0.494 e. The SMILES string of the molecule is COc1ccc(C(=O)CSc2ccc(Br)cn2)cc1F. The van der Waals surface area contributed by atoms with Gasteiger partial charge in [0.15, 0.2) is 17.3 Å². The van der Waals surface area contributed by atoms with E-state index in [0.717, 1.165) is 9.50 Å². The van der Waals surface area contributed by atoms with E-state index in [1.807, 2.05) is 12.1 Å². The topological polar surface area (TPSA) is 39.2 Å². The number of methoxy groups -OCH3 is 1. The van der Waals surface area contributed by atoms with Gasteiger partial charge in [-0.25, -0.2) is 9.37 Å². The second kappa shape index (κ2) is 6.85. The van der Waals surface area contributed by atoms with Gasteiger partial charge in [0.05, 0.1) is 17.9 Å². The molecule has 3 nitrogen and oxygen atoms in total. The summed E-state index contributed by atoms with van der Waals surface area (Å²) in [5.41, 5.74) is 0.327. The predicted molar refractivity (Wildman–Crippen MR) is 79.9 cm³/mol. The third-order valence-corrected chi connectivity index (χ3v) is 3.94. The normalized spacial score (nSPS) is 10.3. The van der Waals surface area contributed by atoms with Gasteiger partial charge in [0.2, 0.25) is 0 Å². The maximum Gasteiger partial charge on any atom is 0.173 e. The Kier molecular flexibility index (Phi) is 5.14. The molecule has 20 heavy (non-hydrogen) atoms. The third-order valence-electron chi connectivity index (χ3n) is 2.53. The number of thioether (sulfide) groups is 1. The summed E-state index contributed by atoms with van der Waals surface area (Å²) in [4.78, 5) is 16.1. The Morgan fingerprint density at radius 2 is 2.20 bits per heavy atom. The van der Waals surface area contributed by atoms with Gasteiger partial charge in [-0.3, -0.25) is 4.79 Å². The number of aromatic nitrogens is 1. The zero-order valence-corrected chi connectivity index (χ0v) is 13.0. The lowest BCUT2D eigenvalue weighted by molar-refractivity contribution is 0.102. The van der Waals surface area contributed by atoms with Gasteiger partial charge < -0.3 is 4.74 Å². The second-order valence-electron chi connectivity index (χ2n) is 3.88. The van der Waals surface area contributed by atoms with E-state index >= 15 is 0 Å². The minimum absolute atomic E-state index is 0.128. The number of ketones is 1. The van der Waals surface area contributed by atoms with Crippen molar-refractivity contribution < 1.29 is 13.9 Å². The lowest BCUT2D eigenvalue weighted by Gasteiger charge is -2.04. The molecule has 0 amide bonds. The van der Waals surface area contributed by atoms with Crippen LogP contribution in [0.3, 0.4) is 0 Å². The Balaban J connectivity index is 2.01. The van der Waals surface area contributed by atoms with Gasteiger partial charge in [-0.05, 0) is 46.3 Å². The average Bonchev–Trinajstić information content (AvgIpc) is 2.46. The third kappa shape index (κ3) is 3.80. The van der Waals surface area contributed by atoms with Gasteiger partial charge in [-0.15, -0.1) is 0 Å². The highest BCUT2D eigenvalue weighted by Crippen LogP contribution is 2.21. The van der Waals surface area contributed by atoms with Crippen molar-refractivity contribution >= 4 is 33.5 Å². The lowest BCUT2D eigenvalue weighted by Crippen LogP contribution is -2.03. The maximum absolute atomic E-state index is 13.5. The van der Waals surface area contributed by atoms with Crippen molar-refractivity contribution in [1.82, 2.24) is 4.98 Å². The van der Waals surface area contributed by atoms with E-state index in [9.17, 15) is 9.18 Å². The molecule has 0 atom stereocenters. The summed E-state index contributed by atoms with van der Waals surface area (Å²) in [6.07, 6.45) is 1.67. The first-order chi connectivity index (χ1) is 9.60. The highest BCUT2D eigenvalue weighted by molar-refractivity contribution is 9.10. The minimum atomic E-state index is -0.537. The number of nitrogens with zero attached hydrogens (tertiary/aromatic N) is 1. The summed E-state index contributed by atoms with van der Waals surface area (Å²) >= 11 is 4.60. The average molecular weight is 356 g/mol. The number of Topliss-reactive ketones (excluding diaryl/α,β-unsaturated/α-hetero) is 1. The zero-order valence-electron chi connectivity index (χ0n) is 10.6. The molecule has 0 radical (unpaired) electrons. The van der Waals surface area contributed by atoms with E-state index in [2.05, 4.69) is 20.9 Å². The van der Waals surface area contributed by atoms with Crippen molar-refractivity contribution in [1.29, 1.82) is 0 Å². The summed E-state index contributed by atoms with van der Waals surface area (Å²) in [5.74, 6) is -0.351. The fraction of sp³-hybridized carbons (Fsp3) is 0.143. The summed E-state index contributed by atoms with van der Waals surface area (Å²) in [5, 5.41) is 0.746. The van der Waals surface area contributed by atoms with Crippen LogP contribution in [-0.4, -0.2) is 23.6 Å². The summed E-state index contributed by atoms with van der Waals surface area (Å²) < 4.78 is 19.2. The molecule has 1 heterocycles. The molecular formula is C14H11BrFNO2S. The van der Waals surface area contributed by atoms with Crippen LogP contribution >= 0.6 is 27.7 Å². The molecule has 6 heteroatoms. The highest BCUT2D eigenvalue weighted by atomic mass is 79.9. The number of pyridine rings is 1. The molecule has 0 saturated carbocycles. The van der Waals surface area contributed by atoms with Crippen LogP contribution in [0.5, 0.6) is 5.75 Å². The number of hydrogen-bond donors (Lipinski definition) is 0. The quantitative estimate of drug-likeness (QED) is 0.600. The molecule has 2 rings (SSSR count). The standard InChI is InChI=1S/C14H11BrFNO2S/c1-19-13-4-2-9(6-11(13)16)12(18)8-20-14-5-3-10(15)7-17-14/h2-7H,8H2,1H3. The molecule has 1 aromatic heterocycles. The van der Waals surface area contributed by atoms with Crippen molar-refractivity contribution in [3.63, 3.8) is 0 Å². The van der Waals surface area contributed by atoms with E-state index < -0.39 is 5.82 Å². The molecule has 0 N–H and O–H groups in total. The maximum atomic E-state index is 13.5. The van der Waals surface area contributed by atoms with Crippen LogP contribution in [0.1, 0.15) is 10.4 Å². The first-order valence-electron chi connectivity index (χ1n) is 5.71. The summed E-state index contributed by atoms with van der Waals surface area (Å²) in [7, 11) is 1.38. The number of rotatable bonds is 5. The summed E-state index contributed by atoms with van der Waals surface area (Å²) in [6.45, 7) is 0. The fourth-order valence-electron chi connectivity index (χ4n) is 1.51. The molecule has 0 unspecified atom stereocenters. The van der Waals surface area contributed by atoms with E-state index in [-0.39, 0.29) is 17.3 Å². The monoisotopic (exact) mass is 355 g/mol. The molecule has 0 saturated heterocycles. The van der Waals surface area contributed by atoms with Gasteiger partial charge >= 0.3 is 0 Å². The smallest absolute Gasteiger partial charge is 0.173 e. The number of benzene rings is 1. The lowest BCUT2D eigenvalue weighted by atomic mass is 10.1. The molecule has 0 aliphatic rings. The molecule has 0 bridgehead atoms. The van der Waals surface area contributed by atoms with E-state index in [1.165, 1.54) is 31.0 Å². The number of carbonyl (C=O) groups excluding carboxylic acids is 1. The number of ether oxygens (including phenoxy) is 1. The van der Waals surface area contributed by atoms with Gasteiger partial charge in [0.25, 0.3) is 0 Å². The molecular weight excluding hydrogens is 345 g/mol. The second-order valence-corrected chi connectivity index (χ2v) is 5.79. The Labute approximate surface area is 128 Å². The number of hydrogen-bond acceptors (Lipinski definition) is 4. The van der Waals surface area contributed by atoms with E-state index in [4.69, 9.17) is 4.74 Å². The van der Waals surface area contributed by atoms with Gasteiger partial charge in [-0.2, -0.15) is 0 Å². The first-order valence-corrected chi connectivity index (χ1v) is 7.49. The molecule has 0 spiro atoms. The zero-order chi connectivity index (χ0) is 14.5. The van der Waals surface area contributed by atoms with Crippen LogP contribution in [0, 0.1) is 5.82 Å². The first kappa shape index (κ1) is 15.0. The highest BCUT2D eigenvalue weighted by Gasteiger charge is 2.11. The largest absolute Gasteiger partial charge is 0.494 e. The van der Waals surface area contributed by atoms with Crippen LogP contribution in [0.15, 0.2) is 46.0 Å². The van der Waals surface area contributed by atoms with Crippen LogP contribution in [0.25, 0.3) is 0 Å². The fourth-order valence-corrected chi connectivity index (χ4v) is 2.48. The summed E-state index contributed by atoms with van der Waals surface area (Å²) in [6, 6.07) is 7.87. The Morgan fingerprint density at radius 3 is 2.80 bits per heavy atom. The predicted octanol–water partition coefficient (Wildman–Crippen LogP) is 3.97. The van der Waals surface area contributed by atoms with Crippen LogP contribution in [0.2, 0.25) is 0 Å². The molecule has 104 valence electrons. The Morgan fingerprint density at radius 1 is 1.40 bits per heavy atom. The molecule has 0 aliphatic heterocycles.